The topological polar surface area (TPSA) is 85.1 Å². The zero-order chi connectivity index (χ0) is 11.4. The van der Waals surface area contributed by atoms with E-state index in [1.807, 2.05) is 0 Å². The van der Waals surface area contributed by atoms with Crippen molar-refractivity contribution in [3.8, 4) is 0 Å². The number of nitrogens with two attached hydrogens (primary N) is 1. The molecule has 0 atom stereocenters. The SMILES string of the molecule is NNc1ncc(Cl)c(NC2CCOCC2)n1. The van der Waals surface area contributed by atoms with E-state index in [1.165, 1.54) is 6.20 Å². The van der Waals surface area contributed by atoms with E-state index in [0.29, 0.717) is 22.8 Å². The van der Waals surface area contributed by atoms with Crippen molar-refractivity contribution >= 4 is 23.4 Å². The zero-order valence-corrected chi connectivity index (χ0v) is 9.50. The second-order valence-corrected chi connectivity index (χ2v) is 3.97. The fourth-order valence-corrected chi connectivity index (χ4v) is 1.72. The Labute approximate surface area is 98.5 Å². The Bertz CT molecular complexity index is 356. The summed E-state index contributed by atoms with van der Waals surface area (Å²) in [6, 6.07) is 0.340. The average molecular weight is 244 g/mol. The summed E-state index contributed by atoms with van der Waals surface area (Å²) in [7, 11) is 0. The highest BCUT2D eigenvalue weighted by Gasteiger charge is 2.15. The molecule has 2 rings (SSSR count). The lowest BCUT2D eigenvalue weighted by Gasteiger charge is -2.24. The number of rotatable bonds is 3. The molecule has 0 amide bonds. The molecular weight excluding hydrogens is 230 g/mol. The van der Waals surface area contributed by atoms with Gasteiger partial charge in [-0.15, -0.1) is 0 Å². The highest BCUT2D eigenvalue weighted by molar-refractivity contribution is 6.32. The number of hydrazine groups is 1. The summed E-state index contributed by atoms with van der Waals surface area (Å²) >= 11 is 5.99. The minimum atomic E-state index is 0.340. The number of anilines is 2. The molecule has 0 radical (unpaired) electrons. The van der Waals surface area contributed by atoms with Crippen LogP contribution in [0.3, 0.4) is 0 Å². The Kier molecular flexibility index (Phi) is 3.76. The van der Waals surface area contributed by atoms with Gasteiger partial charge in [-0.05, 0) is 12.8 Å². The molecule has 7 heteroatoms. The van der Waals surface area contributed by atoms with Crippen LogP contribution >= 0.6 is 11.6 Å². The molecule has 0 saturated carbocycles. The van der Waals surface area contributed by atoms with Crippen molar-refractivity contribution in [2.24, 2.45) is 5.84 Å². The second-order valence-electron chi connectivity index (χ2n) is 3.57. The molecule has 1 aromatic heterocycles. The monoisotopic (exact) mass is 243 g/mol. The van der Waals surface area contributed by atoms with Crippen molar-refractivity contribution in [1.29, 1.82) is 0 Å². The first kappa shape index (κ1) is 11.4. The van der Waals surface area contributed by atoms with E-state index in [1.54, 1.807) is 0 Å². The van der Waals surface area contributed by atoms with Crippen LogP contribution in [-0.4, -0.2) is 29.2 Å². The van der Waals surface area contributed by atoms with Crippen molar-refractivity contribution in [2.45, 2.75) is 18.9 Å². The van der Waals surface area contributed by atoms with Gasteiger partial charge in [0.15, 0.2) is 5.82 Å². The Morgan fingerprint density at radius 2 is 2.19 bits per heavy atom. The summed E-state index contributed by atoms with van der Waals surface area (Å²) in [5.74, 6) is 6.19. The average Bonchev–Trinajstić information content (AvgIpc) is 2.33. The lowest BCUT2D eigenvalue weighted by atomic mass is 10.1. The van der Waals surface area contributed by atoms with E-state index in [9.17, 15) is 0 Å². The maximum absolute atomic E-state index is 5.99. The molecule has 0 aromatic carbocycles. The molecule has 1 aliphatic rings. The van der Waals surface area contributed by atoms with Crippen LogP contribution in [0.15, 0.2) is 6.20 Å². The van der Waals surface area contributed by atoms with E-state index in [-0.39, 0.29) is 0 Å². The van der Waals surface area contributed by atoms with E-state index >= 15 is 0 Å². The number of hydrogen-bond donors (Lipinski definition) is 3. The molecule has 0 spiro atoms. The molecular formula is C9H14ClN5O. The maximum atomic E-state index is 5.99. The summed E-state index contributed by atoms with van der Waals surface area (Å²) in [5, 5.41) is 3.76. The molecule has 1 aromatic rings. The van der Waals surface area contributed by atoms with Gasteiger partial charge in [-0.25, -0.2) is 10.8 Å². The molecule has 1 aliphatic heterocycles. The van der Waals surface area contributed by atoms with Crippen LogP contribution < -0.4 is 16.6 Å². The fourth-order valence-electron chi connectivity index (χ4n) is 1.57. The maximum Gasteiger partial charge on any atom is 0.239 e. The van der Waals surface area contributed by atoms with Gasteiger partial charge in [0.1, 0.15) is 5.02 Å². The van der Waals surface area contributed by atoms with Crippen LogP contribution in [0.5, 0.6) is 0 Å². The van der Waals surface area contributed by atoms with Crippen LogP contribution in [-0.2, 0) is 4.74 Å². The van der Waals surface area contributed by atoms with Gasteiger partial charge < -0.3 is 10.1 Å². The van der Waals surface area contributed by atoms with E-state index in [0.717, 1.165) is 26.1 Å². The quantitative estimate of drug-likeness (QED) is 0.543. The molecule has 4 N–H and O–H groups in total. The van der Waals surface area contributed by atoms with Crippen molar-refractivity contribution in [2.75, 3.05) is 24.0 Å². The normalized spacial score (nSPS) is 17.1. The number of halogens is 1. The van der Waals surface area contributed by atoms with Gasteiger partial charge in [0.05, 0.1) is 6.20 Å². The van der Waals surface area contributed by atoms with E-state index in [2.05, 4.69) is 20.7 Å². The first-order chi connectivity index (χ1) is 7.79. The summed E-state index contributed by atoms with van der Waals surface area (Å²) in [5.41, 5.74) is 2.39. The molecule has 0 unspecified atom stereocenters. The number of hydrogen-bond acceptors (Lipinski definition) is 6. The van der Waals surface area contributed by atoms with Crippen molar-refractivity contribution in [1.82, 2.24) is 9.97 Å². The summed E-state index contributed by atoms with van der Waals surface area (Å²) < 4.78 is 5.27. The smallest absolute Gasteiger partial charge is 0.239 e. The Balaban J connectivity index is 2.06. The van der Waals surface area contributed by atoms with Crippen molar-refractivity contribution < 1.29 is 4.74 Å². The molecule has 16 heavy (non-hydrogen) atoms. The first-order valence-electron chi connectivity index (χ1n) is 5.13. The van der Waals surface area contributed by atoms with Gasteiger partial charge >= 0.3 is 0 Å². The number of ether oxygens (including phenoxy) is 1. The number of aromatic nitrogens is 2. The summed E-state index contributed by atoms with van der Waals surface area (Å²) in [4.78, 5) is 8.06. The molecule has 2 heterocycles. The van der Waals surface area contributed by atoms with E-state index < -0.39 is 0 Å². The summed E-state index contributed by atoms with van der Waals surface area (Å²) in [6.45, 7) is 1.53. The van der Waals surface area contributed by atoms with Crippen LogP contribution in [0, 0.1) is 0 Å². The molecule has 6 nitrogen and oxygen atoms in total. The fraction of sp³-hybridized carbons (Fsp3) is 0.556. The standard InChI is InChI=1S/C9H14ClN5O/c10-7-5-12-9(15-11)14-8(7)13-6-1-3-16-4-2-6/h5-6H,1-4,11H2,(H2,12,13,14,15). The third kappa shape index (κ3) is 2.72. The predicted octanol–water partition coefficient (Wildman–Crippen LogP) is 1.01. The first-order valence-corrected chi connectivity index (χ1v) is 5.51. The molecule has 1 saturated heterocycles. The van der Waals surface area contributed by atoms with Crippen LogP contribution in [0.1, 0.15) is 12.8 Å². The minimum Gasteiger partial charge on any atom is -0.381 e. The molecule has 0 aliphatic carbocycles. The van der Waals surface area contributed by atoms with Gasteiger partial charge in [0.25, 0.3) is 0 Å². The van der Waals surface area contributed by atoms with Crippen LogP contribution in [0.4, 0.5) is 11.8 Å². The largest absolute Gasteiger partial charge is 0.381 e. The summed E-state index contributed by atoms with van der Waals surface area (Å²) in [6.07, 6.45) is 3.42. The van der Waals surface area contributed by atoms with Gasteiger partial charge in [0, 0.05) is 19.3 Å². The van der Waals surface area contributed by atoms with Crippen LogP contribution in [0.2, 0.25) is 5.02 Å². The van der Waals surface area contributed by atoms with E-state index in [4.69, 9.17) is 22.2 Å². The second kappa shape index (κ2) is 5.29. The minimum absolute atomic E-state index is 0.340. The number of nitrogen functional groups attached to an aromatic ring is 1. The lowest BCUT2D eigenvalue weighted by Crippen LogP contribution is -2.28. The van der Waals surface area contributed by atoms with Gasteiger partial charge in [-0.3, -0.25) is 5.43 Å². The highest BCUT2D eigenvalue weighted by Crippen LogP contribution is 2.22. The zero-order valence-electron chi connectivity index (χ0n) is 8.74. The molecule has 0 bridgehead atoms. The van der Waals surface area contributed by atoms with Gasteiger partial charge in [-0.2, -0.15) is 4.98 Å². The lowest BCUT2D eigenvalue weighted by molar-refractivity contribution is 0.0904. The van der Waals surface area contributed by atoms with Crippen molar-refractivity contribution in [3.05, 3.63) is 11.2 Å². The Morgan fingerprint density at radius 3 is 2.88 bits per heavy atom. The van der Waals surface area contributed by atoms with Crippen LogP contribution in [0.25, 0.3) is 0 Å². The highest BCUT2D eigenvalue weighted by atomic mass is 35.5. The third-order valence-corrected chi connectivity index (χ3v) is 2.71. The Hall–Kier alpha value is -1.11. The van der Waals surface area contributed by atoms with Gasteiger partial charge in [-0.1, -0.05) is 11.6 Å². The molecule has 1 fully saturated rings. The number of nitrogens with zero attached hydrogens (tertiary/aromatic N) is 2. The van der Waals surface area contributed by atoms with Gasteiger partial charge in [0.2, 0.25) is 5.95 Å². The van der Waals surface area contributed by atoms with Crippen molar-refractivity contribution in [3.63, 3.8) is 0 Å². The Morgan fingerprint density at radius 1 is 1.44 bits per heavy atom. The molecule has 88 valence electrons. The number of nitrogens with one attached hydrogen (secondary N) is 2. The predicted molar refractivity (Wildman–Crippen MR) is 62.3 cm³/mol. The third-order valence-electron chi connectivity index (χ3n) is 2.44.